The van der Waals surface area contributed by atoms with Gasteiger partial charge in [0.15, 0.2) is 0 Å². The predicted molar refractivity (Wildman–Crippen MR) is 117 cm³/mol. The smallest absolute Gasteiger partial charge is 0.229 e. The van der Waals surface area contributed by atoms with E-state index >= 15 is 0 Å². The van der Waals surface area contributed by atoms with Gasteiger partial charge in [-0.25, -0.2) is 0 Å². The predicted octanol–water partition coefficient (Wildman–Crippen LogP) is 6.57. The van der Waals surface area contributed by atoms with Crippen molar-refractivity contribution in [2.24, 2.45) is 0 Å². The van der Waals surface area contributed by atoms with Crippen molar-refractivity contribution in [3.63, 3.8) is 0 Å². The zero-order chi connectivity index (χ0) is 20.9. The first-order valence-electron chi connectivity index (χ1n) is 10.2. The molecule has 0 radical (unpaired) electrons. The second-order valence-electron chi connectivity index (χ2n) is 7.35. The van der Waals surface area contributed by atoms with Gasteiger partial charge in [-0.05, 0) is 55.4 Å². The van der Waals surface area contributed by atoms with Gasteiger partial charge in [-0.1, -0.05) is 63.6 Å². The van der Waals surface area contributed by atoms with E-state index in [-0.39, 0.29) is 6.16 Å². The van der Waals surface area contributed by atoms with Crippen LogP contribution in [0.15, 0.2) is 36.4 Å². The van der Waals surface area contributed by atoms with E-state index < -0.39 is 18.2 Å². The highest BCUT2D eigenvalue weighted by Gasteiger charge is 2.42. The van der Waals surface area contributed by atoms with Gasteiger partial charge in [0.25, 0.3) is 0 Å². The normalized spacial score (nSPS) is 13.2. The first-order valence-corrected chi connectivity index (χ1v) is 12.1. The highest BCUT2D eigenvalue weighted by Crippen LogP contribution is 2.54. The molecule has 0 aromatic heterocycles. The fourth-order valence-corrected chi connectivity index (χ4v) is 6.42. The third kappa shape index (κ3) is 4.20. The Morgan fingerprint density at radius 1 is 0.786 bits per heavy atom. The SMILES string of the molecule is CCCCP(=O)(C(=O)c1c(C)cccc1C)C(=O)c1c(CC)cccc1CC. The number of hydrogen-bond acceptors (Lipinski definition) is 3. The zero-order valence-corrected chi connectivity index (χ0v) is 18.6. The third-order valence-electron chi connectivity index (χ3n) is 5.39. The Hall–Kier alpha value is -1.99. The van der Waals surface area contributed by atoms with Gasteiger partial charge in [0.05, 0.1) is 0 Å². The summed E-state index contributed by atoms with van der Waals surface area (Å²) in [6.45, 7) is 9.63. The van der Waals surface area contributed by atoms with Crippen LogP contribution in [-0.4, -0.2) is 17.2 Å². The van der Waals surface area contributed by atoms with E-state index in [1.807, 2.05) is 71.0 Å². The van der Waals surface area contributed by atoms with Crippen molar-refractivity contribution in [3.05, 3.63) is 69.8 Å². The molecule has 0 saturated heterocycles. The fraction of sp³-hybridized carbons (Fsp3) is 0.417. The number of carbonyl (C=O) groups is 2. The summed E-state index contributed by atoms with van der Waals surface area (Å²) in [5.41, 5.74) is 3.31. The quantitative estimate of drug-likeness (QED) is 0.449. The first kappa shape index (κ1) is 22.3. The van der Waals surface area contributed by atoms with Crippen LogP contribution in [0.2, 0.25) is 0 Å². The fourth-order valence-electron chi connectivity index (χ4n) is 3.71. The molecule has 0 amide bonds. The molecule has 28 heavy (non-hydrogen) atoms. The maximum Gasteiger partial charge on any atom is 0.229 e. The molecule has 2 aromatic rings. The molecule has 0 aliphatic heterocycles. The van der Waals surface area contributed by atoms with Gasteiger partial charge in [-0.2, -0.15) is 0 Å². The van der Waals surface area contributed by atoms with Crippen molar-refractivity contribution in [2.75, 3.05) is 6.16 Å². The molecular formula is C24H31O3P. The second-order valence-corrected chi connectivity index (χ2v) is 10.1. The Labute approximate surface area is 168 Å². The van der Waals surface area contributed by atoms with Gasteiger partial charge in [-0.15, -0.1) is 0 Å². The van der Waals surface area contributed by atoms with Crippen molar-refractivity contribution in [3.8, 4) is 0 Å². The number of unbranched alkanes of at least 4 members (excludes halogenated alkanes) is 1. The van der Waals surface area contributed by atoms with Crippen LogP contribution in [0.1, 0.15) is 76.6 Å². The molecule has 0 fully saturated rings. The Morgan fingerprint density at radius 2 is 1.25 bits per heavy atom. The monoisotopic (exact) mass is 398 g/mol. The lowest BCUT2D eigenvalue weighted by molar-refractivity contribution is 0.103. The molecule has 0 spiro atoms. The van der Waals surface area contributed by atoms with Crippen molar-refractivity contribution in [2.45, 2.75) is 60.3 Å². The second kappa shape index (κ2) is 9.47. The summed E-state index contributed by atoms with van der Waals surface area (Å²) in [4.78, 5) is 27.2. The standard InChI is InChI=1S/C24H31O3P/c1-6-9-16-28(27,23(25)21-17(4)12-10-13-18(21)5)24(26)22-19(7-2)14-11-15-20(22)8-3/h10-15H,6-9,16H2,1-5H3. The molecule has 150 valence electrons. The minimum absolute atomic E-state index is 0.135. The highest BCUT2D eigenvalue weighted by atomic mass is 31.2. The molecule has 0 heterocycles. The van der Waals surface area contributed by atoms with Crippen LogP contribution in [0.3, 0.4) is 0 Å². The lowest BCUT2D eigenvalue weighted by Crippen LogP contribution is -2.18. The minimum Gasteiger partial charge on any atom is -0.307 e. The largest absolute Gasteiger partial charge is 0.307 e. The molecular weight excluding hydrogens is 367 g/mol. The molecule has 0 aliphatic carbocycles. The van der Waals surface area contributed by atoms with E-state index in [1.165, 1.54) is 0 Å². The van der Waals surface area contributed by atoms with Crippen molar-refractivity contribution < 1.29 is 14.2 Å². The molecule has 1 atom stereocenters. The number of benzene rings is 2. The van der Waals surface area contributed by atoms with Crippen molar-refractivity contribution in [1.29, 1.82) is 0 Å². The van der Waals surface area contributed by atoms with Crippen LogP contribution >= 0.6 is 7.14 Å². The summed E-state index contributed by atoms with van der Waals surface area (Å²) < 4.78 is 14.1. The molecule has 3 nitrogen and oxygen atoms in total. The number of aryl methyl sites for hydroxylation is 4. The van der Waals surface area contributed by atoms with E-state index in [4.69, 9.17) is 0 Å². The van der Waals surface area contributed by atoms with Crippen LogP contribution in [0.4, 0.5) is 0 Å². The van der Waals surface area contributed by atoms with E-state index in [0.717, 1.165) is 28.7 Å². The molecule has 0 N–H and O–H groups in total. The van der Waals surface area contributed by atoms with E-state index in [9.17, 15) is 14.2 Å². The van der Waals surface area contributed by atoms with Gasteiger partial charge < -0.3 is 4.57 Å². The van der Waals surface area contributed by atoms with Crippen LogP contribution in [0.25, 0.3) is 0 Å². The average molecular weight is 398 g/mol. The van der Waals surface area contributed by atoms with Crippen LogP contribution < -0.4 is 0 Å². The van der Waals surface area contributed by atoms with E-state index in [1.54, 1.807) is 0 Å². The summed E-state index contributed by atoms with van der Waals surface area (Å²) >= 11 is 0. The molecule has 2 aromatic carbocycles. The Bertz CT molecular complexity index is 885. The third-order valence-corrected chi connectivity index (χ3v) is 8.10. The molecule has 0 bridgehead atoms. The van der Waals surface area contributed by atoms with Gasteiger partial charge >= 0.3 is 0 Å². The van der Waals surface area contributed by atoms with E-state index in [0.29, 0.717) is 30.4 Å². The van der Waals surface area contributed by atoms with Crippen LogP contribution in [-0.2, 0) is 17.4 Å². The maximum atomic E-state index is 14.1. The minimum atomic E-state index is -3.77. The lowest BCUT2D eigenvalue weighted by atomic mass is 9.98. The van der Waals surface area contributed by atoms with Gasteiger partial charge in [0, 0.05) is 17.3 Å². The molecule has 4 heteroatoms. The van der Waals surface area contributed by atoms with Crippen LogP contribution in [0, 0.1) is 13.8 Å². The zero-order valence-electron chi connectivity index (χ0n) is 17.7. The van der Waals surface area contributed by atoms with Gasteiger partial charge in [-0.3, -0.25) is 9.59 Å². The van der Waals surface area contributed by atoms with Crippen LogP contribution in [0.5, 0.6) is 0 Å². The Morgan fingerprint density at radius 3 is 1.71 bits per heavy atom. The number of rotatable bonds is 9. The number of carbonyl (C=O) groups excluding carboxylic acids is 2. The molecule has 2 rings (SSSR count). The molecule has 0 saturated carbocycles. The first-order chi connectivity index (χ1) is 13.3. The van der Waals surface area contributed by atoms with Gasteiger partial charge in [0.1, 0.15) is 0 Å². The Balaban J connectivity index is 2.68. The number of hydrogen-bond donors (Lipinski definition) is 0. The average Bonchev–Trinajstić information content (AvgIpc) is 2.70. The van der Waals surface area contributed by atoms with Gasteiger partial charge in [0.2, 0.25) is 18.2 Å². The van der Waals surface area contributed by atoms with Crippen molar-refractivity contribution >= 4 is 18.2 Å². The summed E-state index contributed by atoms with van der Waals surface area (Å²) in [5.74, 6) is 0. The topological polar surface area (TPSA) is 51.2 Å². The molecule has 0 aliphatic rings. The summed E-state index contributed by atoms with van der Waals surface area (Å²) in [6, 6.07) is 11.3. The maximum absolute atomic E-state index is 14.1. The summed E-state index contributed by atoms with van der Waals surface area (Å²) in [6.07, 6.45) is 2.85. The summed E-state index contributed by atoms with van der Waals surface area (Å²) in [5, 5.41) is 0. The summed E-state index contributed by atoms with van der Waals surface area (Å²) in [7, 11) is -3.77. The molecule has 1 unspecified atom stereocenters. The van der Waals surface area contributed by atoms with Crippen molar-refractivity contribution in [1.82, 2.24) is 0 Å². The lowest BCUT2D eigenvalue weighted by Gasteiger charge is -2.21. The highest BCUT2D eigenvalue weighted by molar-refractivity contribution is 7.95. The van der Waals surface area contributed by atoms with E-state index in [2.05, 4.69) is 0 Å². The Kier molecular flexibility index (Phi) is 7.55.